The van der Waals surface area contributed by atoms with Crippen LogP contribution in [0.2, 0.25) is 0 Å². The van der Waals surface area contributed by atoms with Crippen LogP contribution in [0, 0.1) is 5.92 Å². The van der Waals surface area contributed by atoms with Crippen molar-refractivity contribution in [2.24, 2.45) is 5.92 Å². The Labute approximate surface area is 146 Å². The van der Waals surface area contributed by atoms with Crippen molar-refractivity contribution in [3.8, 4) is 0 Å². The number of H-pyrrole nitrogens is 1. The molecule has 0 spiro atoms. The number of benzene rings is 1. The number of carbonyl (C=O) groups excluding carboxylic acids is 1. The number of aromatic nitrogens is 2. The molecule has 3 fully saturated rings. The van der Waals surface area contributed by atoms with Gasteiger partial charge in [0.2, 0.25) is 0 Å². The zero-order valence-corrected chi connectivity index (χ0v) is 14.4. The van der Waals surface area contributed by atoms with Crippen LogP contribution in [0.15, 0.2) is 46.7 Å². The van der Waals surface area contributed by atoms with E-state index in [1.807, 2.05) is 24.3 Å². The van der Waals surface area contributed by atoms with Crippen molar-refractivity contribution in [1.82, 2.24) is 20.2 Å². The molecule has 1 aromatic heterocycles. The lowest BCUT2D eigenvalue weighted by molar-refractivity contribution is 0.0929. The molecule has 4 heterocycles. The van der Waals surface area contributed by atoms with Crippen molar-refractivity contribution in [2.75, 3.05) is 19.6 Å². The lowest BCUT2D eigenvalue weighted by Crippen LogP contribution is -2.41. The minimum absolute atomic E-state index is 0.0422. The number of hydrogen-bond donors (Lipinski definition) is 2. The second kappa shape index (κ2) is 6.99. The van der Waals surface area contributed by atoms with Crippen LogP contribution in [0.5, 0.6) is 0 Å². The van der Waals surface area contributed by atoms with Gasteiger partial charge in [-0.15, -0.1) is 0 Å². The maximum absolute atomic E-state index is 12.5. The molecule has 24 heavy (non-hydrogen) atoms. The van der Waals surface area contributed by atoms with Gasteiger partial charge < -0.3 is 15.2 Å². The third kappa shape index (κ3) is 3.65. The maximum Gasteiger partial charge on any atom is 0.251 e. The van der Waals surface area contributed by atoms with Crippen LogP contribution in [0.4, 0.5) is 0 Å². The van der Waals surface area contributed by atoms with Gasteiger partial charge in [0.1, 0.15) is 0 Å². The maximum atomic E-state index is 12.5. The van der Waals surface area contributed by atoms with Crippen LogP contribution >= 0.6 is 11.8 Å². The third-order valence-electron chi connectivity index (χ3n) is 4.96. The number of nitrogens with one attached hydrogen (secondary N) is 2. The van der Waals surface area contributed by atoms with Crippen molar-refractivity contribution < 1.29 is 4.79 Å². The summed E-state index contributed by atoms with van der Waals surface area (Å²) < 4.78 is 0. The Kier molecular flexibility index (Phi) is 4.58. The smallest absolute Gasteiger partial charge is 0.251 e. The summed E-state index contributed by atoms with van der Waals surface area (Å²) in [5, 5.41) is 4.23. The summed E-state index contributed by atoms with van der Waals surface area (Å²) in [5.41, 5.74) is 0.732. The van der Waals surface area contributed by atoms with E-state index in [0.717, 1.165) is 34.4 Å². The quantitative estimate of drug-likeness (QED) is 0.897. The van der Waals surface area contributed by atoms with Gasteiger partial charge in [-0.05, 0) is 62.5 Å². The van der Waals surface area contributed by atoms with Gasteiger partial charge in [0.05, 0.1) is 17.6 Å². The molecule has 5 rings (SSSR count). The fourth-order valence-electron chi connectivity index (χ4n) is 3.67. The third-order valence-corrected chi connectivity index (χ3v) is 5.91. The molecule has 2 N–H and O–H groups in total. The number of carbonyl (C=O) groups is 1. The Hall–Kier alpha value is -1.79. The SMILES string of the molecule is O=C(NC1CC2CCN(CC2)C1)c1ccc(Sc2cnc[nH]2)cc1. The fraction of sp³-hybridized carbons (Fsp3) is 0.444. The number of nitrogens with zero attached hydrogens (tertiary/aromatic N) is 2. The van der Waals surface area contributed by atoms with E-state index in [9.17, 15) is 4.79 Å². The van der Waals surface area contributed by atoms with Gasteiger partial charge in [0.25, 0.3) is 5.91 Å². The van der Waals surface area contributed by atoms with Gasteiger partial charge in [-0.2, -0.15) is 0 Å². The van der Waals surface area contributed by atoms with Crippen molar-refractivity contribution in [2.45, 2.75) is 35.2 Å². The van der Waals surface area contributed by atoms with Gasteiger partial charge in [0, 0.05) is 23.0 Å². The second-order valence-corrected chi connectivity index (χ2v) is 7.81. The Morgan fingerprint density at radius 2 is 2.04 bits per heavy atom. The highest BCUT2D eigenvalue weighted by Gasteiger charge is 2.29. The zero-order valence-electron chi connectivity index (χ0n) is 13.6. The minimum atomic E-state index is 0.0422. The van der Waals surface area contributed by atoms with E-state index in [1.165, 1.54) is 25.9 Å². The first-order valence-corrected chi connectivity index (χ1v) is 9.37. The van der Waals surface area contributed by atoms with Crippen LogP contribution in [-0.2, 0) is 0 Å². The molecule has 1 atom stereocenters. The molecule has 2 aromatic rings. The van der Waals surface area contributed by atoms with Crippen molar-refractivity contribution in [3.63, 3.8) is 0 Å². The molecular weight excluding hydrogens is 320 g/mol. The highest BCUT2D eigenvalue weighted by atomic mass is 32.2. The summed E-state index contributed by atoms with van der Waals surface area (Å²) in [6.07, 6.45) is 7.15. The summed E-state index contributed by atoms with van der Waals surface area (Å²) in [7, 11) is 0. The Morgan fingerprint density at radius 3 is 2.75 bits per heavy atom. The Bertz CT molecular complexity index is 664. The second-order valence-electron chi connectivity index (χ2n) is 6.69. The predicted molar refractivity (Wildman–Crippen MR) is 94.2 cm³/mol. The first-order valence-electron chi connectivity index (χ1n) is 8.56. The van der Waals surface area contributed by atoms with Crippen LogP contribution < -0.4 is 5.32 Å². The number of amides is 1. The predicted octanol–water partition coefficient (Wildman–Crippen LogP) is 2.78. The molecule has 3 aliphatic heterocycles. The molecule has 1 aromatic carbocycles. The van der Waals surface area contributed by atoms with Crippen LogP contribution in [0.25, 0.3) is 0 Å². The van der Waals surface area contributed by atoms with E-state index in [2.05, 4.69) is 20.2 Å². The zero-order chi connectivity index (χ0) is 16.4. The first kappa shape index (κ1) is 15.7. The van der Waals surface area contributed by atoms with Gasteiger partial charge in [-0.1, -0.05) is 11.8 Å². The van der Waals surface area contributed by atoms with Crippen molar-refractivity contribution in [1.29, 1.82) is 0 Å². The monoisotopic (exact) mass is 342 g/mol. The van der Waals surface area contributed by atoms with Gasteiger partial charge in [-0.3, -0.25) is 4.79 Å². The minimum Gasteiger partial charge on any atom is -0.348 e. The van der Waals surface area contributed by atoms with Gasteiger partial charge >= 0.3 is 0 Å². The van der Waals surface area contributed by atoms with Crippen LogP contribution in [0.1, 0.15) is 29.6 Å². The summed E-state index contributed by atoms with van der Waals surface area (Å²) in [5.74, 6) is 0.822. The molecule has 1 amide bonds. The lowest BCUT2D eigenvalue weighted by Gasteiger charge is -2.26. The number of rotatable bonds is 4. The van der Waals surface area contributed by atoms with E-state index in [-0.39, 0.29) is 11.9 Å². The number of piperidine rings is 1. The average Bonchev–Trinajstić information content (AvgIpc) is 2.94. The topological polar surface area (TPSA) is 61.0 Å². The molecule has 0 aliphatic carbocycles. The summed E-state index contributed by atoms with van der Waals surface area (Å²) >= 11 is 1.61. The molecule has 3 aliphatic rings. The summed E-state index contributed by atoms with van der Waals surface area (Å²) in [4.78, 5) is 23.2. The standard InChI is InChI=1S/C18H22N4OS/c23-18(21-15-9-13-5-7-22(11-15)8-6-13)14-1-3-16(4-2-14)24-17-10-19-12-20-17/h1-4,10,12-13,15H,5-9,11H2,(H,19,20)(H,21,23). The number of fused-ring (bicyclic) bond motifs is 4. The van der Waals surface area contributed by atoms with E-state index >= 15 is 0 Å². The highest BCUT2D eigenvalue weighted by molar-refractivity contribution is 7.99. The molecule has 1 unspecified atom stereocenters. The highest BCUT2D eigenvalue weighted by Crippen LogP contribution is 2.27. The molecule has 0 radical (unpaired) electrons. The molecular formula is C18H22N4OS. The first-order chi connectivity index (χ1) is 11.8. The van der Waals surface area contributed by atoms with Crippen LogP contribution in [-0.4, -0.2) is 46.5 Å². The Morgan fingerprint density at radius 1 is 1.25 bits per heavy atom. The van der Waals surface area contributed by atoms with E-state index in [0.29, 0.717) is 0 Å². The number of hydrogen-bond acceptors (Lipinski definition) is 4. The Balaban J connectivity index is 1.37. The largest absolute Gasteiger partial charge is 0.348 e. The number of aromatic amines is 1. The van der Waals surface area contributed by atoms with E-state index in [4.69, 9.17) is 0 Å². The summed E-state index contributed by atoms with van der Waals surface area (Å²) in [6.45, 7) is 3.38. The fourth-order valence-corrected chi connectivity index (χ4v) is 4.42. The van der Waals surface area contributed by atoms with Crippen molar-refractivity contribution >= 4 is 17.7 Å². The molecule has 0 saturated carbocycles. The molecule has 126 valence electrons. The number of imidazole rings is 1. The van der Waals surface area contributed by atoms with Crippen molar-refractivity contribution in [3.05, 3.63) is 42.4 Å². The molecule has 3 saturated heterocycles. The summed E-state index contributed by atoms with van der Waals surface area (Å²) in [6, 6.07) is 8.06. The van der Waals surface area contributed by atoms with Gasteiger partial charge in [-0.25, -0.2) is 4.98 Å². The van der Waals surface area contributed by atoms with Crippen LogP contribution in [0.3, 0.4) is 0 Å². The molecule has 2 bridgehead atoms. The average molecular weight is 342 g/mol. The van der Waals surface area contributed by atoms with E-state index in [1.54, 1.807) is 24.3 Å². The lowest BCUT2D eigenvalue weighted by atomic mass is 9.94. The molecule has 6 heteroatoms. The molecule has 5 nitrogen and oxygen atoms in total. The van der Waals surface area contributed by atoms with E-state index < -0.39 is 0 Å². The normalized spacial score (nSPS) is 26.1. The van der Waals surface area contributed by atoms with Gasteiger partial charge in [0.15, 0.2) is 0 Å².